The Kier molecular flexibility index (Phi) is 7.77. The third kappa shape index (κ3) is 5.21. The average Bonchev–Trinajstić information content (AvgIpc) is 3.87. The molecule has 13 aromatic rings. The van der Waals surface area contributed by atoms with E-state index in [1.54, 1.807) is 0 Å². The van der Waals surface area contributed by atoms with E-state index in [1.807, 2.05) is 0 Å². The van der Waals surface area contributed by atoms with Crippen LogP contribution in [0.3, 0.4) is 0 Å². The zero-order valence-electron chi connectivity index (χ0n) is 36.7. The summed E-state index contributed by atoms with van der Waals surface area (Å²) in [5.41, 5.74) is 14.3. The van der Waals surface area contributed by atoms with Gasteiger partial charge in [0.05, 0.1) is 11.0 Å². The number of hydrogen-bond donors (Lipinski definition) is 0. The lowest BCUT2D eigenvalue weighted by atomic mass is 9.78. The summed E-state index contributed by atoms with van der Waals surface area (Å²) in [6.45, 7) is 4.80. The fourth-order valence-corrected chi connectivity index (χ4v) is 11.7. The smallest absolute Gasteiger partial charge is 0.145 e. The zero-order valence-corrected chi connectivity index (χ0v) is 36.7. The summed E-state index contributed by atoms with van der Waals surface area (Å²) in [5.74, 6) is 0.918. The fourth-order valence-electron chi connectivity index (χ4n) is 11.7. The molecule has 2 heteroatoms. The van der Waals surface area contributed by atoms with Gasteiger partial charge in [-0.15, -0.1) is 0 Å². The van der Waals surface area contributed by atoms with Crippen LogP contribution in [-0.4, -0.2) is 9.55 Å². The number of nitrogens with zero attached hydrogens (tertiary/aromatic N) is 2. The van der Waals surface area contributed by atoms with Crippen LogP contribution >= 0.6 is 0 Å². The van der Waals surface area contributed by atoms with Gasteiger partial charge < -0.3 is 0 Å². The Morgan fingerprint density at radius 2 is 0.879 bits per heavy atom. The van der Waals surface area contributed by atoms with E-state index in [4.69, 9.17) is 4.98 Å². The van der Waals surface area contributed by atoms with Crippen molar-refractivity contribution in [2.24, 2.45) is 0 Å². The Labute approximate surface area is 382 Å². The molecule has 12 aromatic carbocycles. The minimum Gasteiger partial charge on any atom is -0.292 e. The van der Waals surface area contributed by atoms with E-state index >= 15 is 0 Å². The lowest BCUT2D eigenvalue weighted by molar-refractivity contribution is 0.661. The first kappa shape index (κ1) is 37.1. The van der Waals surface area contributed by atoms with E-state index in [9.17, 15) is 0 Å². The molecule has 66 heavy (non-hydrogen) atoms. The van der Waals surface area contributed by atoms with Gasteiger partial charge in [-0.05, 0) is 164 Å². The van der Waals surface area contributed by atoms with Gasteiger partial charge in [-0.1, -0.05) is 178 Å². The van der Waals surface area contributed by atoms with Crippen LogP contribution in [0.2, 0.25) is 0 Å². The quantitative estimate of drug-likeness (QED) is 0.128. The summed E-state index contributed by atoms with van der Waals surface area (Å²) in [5, 5.41) is 14.9. The molecule has 0 saturated heterocycles. The molecule has 0 radical (unpaired) electrons. The van der Waals surface area contributed by atoms with Crippen LogP contribution in [0.1, 0.15) is 25.0 Å². The molecule has 0 bridgehead atoms. The highest BCUT2D eigenvalue weighted by Gasteiger charge is 2.36. The summed E-state index contributed by atoms with van der Waals surface area (Å²) < 4.78 is 2.33. The van der Waals surface area contributed by atoms with Crippen LogP contribution < -0.4 is 0 Å². The van der Waals surface area contributed by atoms with E-state index < -0.39 is 0 Å². The molecule has 1 aliphatic carbocycles. The standard InChI is InChI=1S/C64H42N2/c1-64(2)57-29-15-14-28-49(57)51-37-55-56(38-58(51)64)62(53-35-40-19-7-9-23-44(40)46-25-11-13-27-48(46)53)54-36-41(63-65-59-30-16-17-31-60(59)66(63)42-20-4-3-5-21-42)32-33-50(54)61(55)52-34-39-18-6-8-22-43(39)45-24-10-12-26-47(45)52/h3-38H,1-2H3. The normalized spacial score (nSPS) is 13.1. The van der Waals surface area contributed by atoms with E-state index in [0.717, 1.165) is 28.1 Å². The van der Waals surface area contributed by atoms with Gasteiger partial charge in [0, 0.05) is 16.7 Å². The maximum absolute atomic E-state index is 5.43. The van der Waals surface area contributed by atoms with Gasteiger partial charge in [0.1, 0.15) is 5.82 Å². The van der Waals surface area contributed by atoms with Gasteiger partial charge >= 0.3 is 0 Å². The molecular formula is C64H42N2. The van der Waals surface area contributed by atoms with Crippen molar-refractivity contribution in [3.05, 3.63) is 230 Å². The van der Waals surface area contributed by atoms with Crippen molar-refractivity contribution in [2.75, 3.05) is 0 Å². The molecular weight excluding hydrogens is 797 g/mol. The first-order valence-corrected chi connectivity index (χ1v) is 23.0. The van der Waals surface area contributed by atoms with Gasteiger partial charge in [-0.3, -0.25) is 4.57 Å². The van der Waals surface area contributed by atoms with Crippen LogP contribution in [0.15, 0.2) is 218 Å². The van der Waals surface area contributed by atoms with Crippen molar-refractivity contribution in [3.63, 3.8) is 0 Å². The summed E-state index contributed by atoms with van der Waals surface area (Å²) in [4.78, 5) is 5.43. The van der Waals surface area contributed by atoms with Crippen molar-refractivity contribution < 1.29 is 0 Å². The van der Waals surface area contributed by atoms with Gasteiger partial charge in [-0.25, -0.2) is 4.98 Å². The topological polar surface area (TPSA) is 17.8 Å². The first-order valence-electron chi connectivity index (χ1n) is 23.0. The van der Waals surface area contributed by atoms with Crippen LogP contribution in [-0.2, 0) is 5.41 Å². The minimum atomic E-state index is -0.198. The second-order valence-corrected chi connectivity index (χ2v) is 18.6. The molecule has 0 aliphatic heterocycles. The predicted molar refractivity (Wildman–Crippen MR) is 280 cm³/mol. The maximum Gasteiger partial charge on any atom is 0.145 e. The Morgan fingerprint density at radius 1 is 0.348 bits per heavy atom. The second-order valence-electron chi connectivity index (χ2n) is 18.6. The first-order chi connectivity index (χ1) is 32.5. The highest BCUT2D eigenvalue weighted by atomic mass is 15.1. The number of rotatable bonds is 4. The van der Waals surface area contributed by atoms with Crippen molar-refractivity contribution >= 4 is 75.7 Å². The highest BCUT2D eigenvalue weighted by molar-refractivity contribution is 6.29. The van der Waals surface area contributed by atoms with Crippen molar-refractivity contribution in [1.82, 2.24) is 9.55 Å². The molecule has 1 heterocycles. The van der Waals surface area contributed by atoms with E-state index in [2.05, 4.69) is 237 Å². The van der Waals surface area contributed by atoms with Crippen LogP contribution in [0.25, 0.3) is 126 Å². The molecule has 2 nitrogen and oxygen atoms in total. The van der Waals surface area contributed by atoms with Crippen molar-refractivity contribution in [2.45, 2.75) is 19.3 Å². The van der Waals surface area contributed by atoms with Gasteiger partial charge in [0.15, 0.2) is 0 Å². The molecule has 1 aliphatic rings. The van der Waals surface area contributed by atoms with Crippen molar-refractivity contribution in [3.8, 4) is 50.5 Å². The van der Waals surface area contributed by atoms with Gasteiger partial charge in [-0.2, -0.15) is 0 Å². The molecule has 0 atom stereocenters. The lowest BCUT2D eigenvalue weighted by Crippen LogP contribution is -2.14. The number of benzene rings is 12. The Morgan fingerprint density at radius 3 is 1.58 bits per heavy atom. The molecule has 1 aromatic heterocycles. The molecule has 308 valence electrons. The SMILES string of the molecule is CC1(C)c2ccccc2-c2cc3c(-c4cc5ccccc5c5ccccc45)c4ccc(-c5nc6ccccc6n5-c5ccccc5)cc4c(-c4cc5ccccc5c5ccccc45)c3cc21. The number of fused-ring (bicyclic) bond motifs is 12. The molecule has 0 amide bonds. The average molecular weight is 839 g/mol. The summed E-state index contributed by atoms with van der Waals surface area (Å²) in [6, 6.07) is 81.2. The Balaban J connectivity index is 1.22. The molecule has 0 saturated carbocycles. The summed E-state index contributed by atoms with van der Waals surface area (Å²) in [6.07, 6.45) is 0. The zero-order chi connectivity index (χ0) is 43.7. The highest BCUT2D eigenvalue weighted by Crippen LogP contribution is 2.55. The van der Waals surface area contributed by atoms with E-state index in [1.165, 1.54) is 109 Å². The Hall–Kier alpha value is -8.33. The Bertz CT molecular complexity index is 4190. The largest absolute Gasteiger partial charge is 0.292 e. The molecule has 0 N–H and O–H groups in total. The van der Waals surface area contributed by atoms with Gasteiger partial charge in [0.25, 0.3) is 0 Å². The monoisotopic (exact) mass is 838 g/mol. The fraction of sp³-hybridized carbons (Fsp3) is 0.0469. The number of para-hydroxylation sites is 3. The van der Waals surface area contributed by atoms with Crippen molar-refractivity contribution in [1.29, 1.82) is 0 Å². The number of hydrogen-bond acceptors (Lipinski definition) is 1. The predicted octanol–water partition coefficient (Wildman–Crippen LogP) is 17.3. The van der Waals surface area contributed by atoms with E-state index in [-0.39, 0.29) is 5.41 Å². The number of imidazole rings is 1. The lowest BCUT2D eigenvalue weighted by Gasteiger charge is -2.25. The van der Waals surface area contributed by atoms with Crippen LogP contribution in [0, 0.1) is 0 Å². The van der Waals surface area contributed by atoms with Gasteiger partial charge in [0.2, 0.25) is 0 Å². The molecule has 0 fully saturated rings. The van der Waals surface area contributed by atoms with E-state index in [0.29, 0.717) is 0 Å². The third-order valence-corrected chi connectivity index (χ3v) is 14.7. The minimum absolute atomic E-state index is 0.198. The molecule has 14 rings (SSSR count). The number of aromatic nitrogens is 2. The third-order valence-electron chi connectivity index (χ3n) is 14.7. The molecule has 0 spiro atoms. The molecule has 0 unspecified atom stereocenters. The summed E-state index contributed by atoms with van der Waals surface area (Å²) in [7, 11) is 0. The van der Waals surface area contributed by atoms with Crippen LogP contribution in [0.5, 0.6) is 0 Å². The van der Waals surface area contributed by atoms with Crippen LogP contribution in [0.4, 0.5) is 0 Å². The summed E-state index contributed by atoms with van der Waals surface area (Å²) >= 11 is 0. The maximum atomic E-state index is 5.43. The second kappa shape index (κ2) is 13.8.